The molecule has 0 atom stereocenters. The normalized spacial score (nSPS) is 14.4. The summed E-state index contributed by atoms with van der Waals surface area (Å²) >= 11 is 1.56. The molecule has 2 aromatic rings. The Balaban J connectivity index is 2.03. The SMILES string of the molecule is O=C1CSc2cc(-c3cnc[nH]3)ccc2N1. The molecule has 1 aliphatic heterocycles. The maximum atomic E-state index is 11.2. The molecule has 0 fully saturated rings. The second kappa shape index (κ2) is 3.68. The van der Waals surface area contributed by atoms with Crippen LogP contribution in [0.1, 0.15) is 0 Å². The van der Waals surface area contributed by atoms with E-state index >= 15 is 0 Å². The highest BCUT2D eigenvalue weighted by Gasteiger charge is 2.15. The van der Waals surface area contributed by atoms with Crippen molar-refractivity contribution < 1.29 is 4.79 Å². The third kappa shape index (κ3) is 1.59. The van der Waals surface area contributed by atoms with E-state index in [1.807, 2.05) is 12.1 Å². The van der Waals surface area contributed by atoms with Gasteiger partial charge in [-0.2, -0.15) is 0 Å². The number of H-pyrrole nitrogens is 1. The van der Waals surface area contributed by atoms with Crippen LogP contribution < -0.4 is 5.32 Å². The van der Waals surface area contributed by atoms with E-state index in [0.717, 1.165) is 21.8 Å². The van der Waals surface area contributed by atoms with Crippen LogP contribution in [0.3, 0.4) is 0 Å². The molecule has 1 amide bonds. The number of aromatic amines is 1. The molecule has 0 saturated heterocycles. The van der Waals surface area contributed by atoms with Gasteiger partial charge in [0.15, 0.2) is 0 Å². The fraction of sp³-hybridized carbons (Fsp3) is 0.0909. The van der Waals surface area contributed by atoms with Crippen molar-refractivity contribution in [1.29, 1.82) is 0 Å². The maximum absolute atomic E-state index is 11.2. The molecule has 0 aliphatic carbocycles. The summed E-state index contributed by atoms with van der Waals surface area (Å²) in [5, 5.41) is 2.85. The first kappa shape index (κ1) is 9.47. The molecule has 2 heterocycles. The molecule has 2 N–H and O–H groups in total. The van der Waals surface area contributed by atoms with Crippen LogP contribution in [0, 0.1) is 0 Å². The van der Waals surface area contributed by atoms with Crippen LogP contribution in [0.4, 0.5) is 5.69 Å². The van der Waals surface area contributed by atoms with E-state index in [9.17, 15) is 4.79 Å². The number of thioether (sulfide) groups is 1. The quantitative estimate of drug-likeness (QED) is 0.790. The number of fused-ring (bicyclic) bond motifs is 1. The summed E-state index contributed by atoms with van der Waals surface area (Å²) in [7, 11) is 0. The minimum absolute atomic E-state index is 0.0618. The second-order valence-corrected chi connectivity index (χ2v) is 4.53. The van der Waals surface area contributed by atoms with Gasteiger partial charge in [-0.25, -0.2) is 4.98 Å². The number of hydrogen-bond acceptors (Lipinski definition) is 3. The van der Waals surface area contributed by atoms with E-state index in [1.54, 1.807) is 24.3 Å². The summed E-state index contributed by atoms with van der Waals surface area (Å²) in [6.45, 7) is 0. The summed E-state index contributed by atoms with van der Waals surface area (Å²) in [4.78, 5) is 19.3. The van der Waals surface area contributed by atoms with Gasteiger partial charge in [0.2, 0.25) is 5.91 Å². The van der Waals surface area contributed by atoms with Gasteiger partial charge in [-0.3, -0.25) is 4.79 Å². The smallest absolute Gasteiger partial charge is 0.234 e. The molecular formula is C11H9N3OS. The van der Waals surface area contributed by atoms with Crippen LogP contribution in [0.25, 0.3) is 11.3 Å². The molecule has 16 heavy (non-hydrogen) atoms. The zero-order valence-electron chi connectivity index (χ0n) is 8.36. The third-order valence-electron chi connectivity index (χ3n) is 2.42. The Kier molecular flexibility index (Phi) is 2.18. The number of rotatable bonds is 1. The van der Waals surface area contributed by atoms with Crippen molar-refractivity contribution in [2.75, 3.05) is 11.1 Å². The van der Waals surface area contributed by atoms with Crippen molar-refractivity contribution in [1.82, 2.24) is 9.97 Å². The lowest BCUT2D eigenvalue weighted by Crippen LogP contribution is -2.18. The van der Waals surface area contributed by atoms with E-state index in [-0.39, 0.29) is 5.91 Å². The maximum Gasteiger partial charge on any atom is 0.234 e. The van der Waals surface area contributed by atoms with E-state index in [4.69, 9.17) is 0 Å². The van der Waals surface area contributed by atoms with E-state index in [0.29, 0.717) is 5.75 Å². The van der Waals surface area contributed by atoms with Crippen LogP contribution in [-0.2, 0) is 4.79 Å². The minimum Gasteiger partial charge on any atom is -0.345 e. The molecule has 3 rings (SSSR count). The van der Waals surface area contributed by atoms with Crippen LogP contribution in [0.15, 0.2) is 35.6 Å². The Hall–Kier alpha value is -1.75. The van der Waals surface area contributed by atoms with Crippen molar-refractivity contribution in [3.63, 3.8) is 0 Å². The number of aromatic nitrogens is 2. The van der Waals surface area contributed by atoms with Gasteiger partial charge in [0.05, 0.1) is 29.7 Å². The van der Waals surface area contributed by atoms with Gasteiger partial charge in [-0.05, 0) is 12.1 Å². The summed E-state index contributed by atoms with van der Waals surface area (Å²) in [5.74, 6) is 0.547. The molecule has 4 nitrogen and oxygen atoms in total. The zero-order chi connectivity index (χ0) is 11.0. The Morgan fingerprint density at radius 3 is 3.12 bits per heavy atom. The third-order valence-corrected chi connectivity index (χ3v) is 3.48. The first-order chi connectivity index (χ1) is 7.83. The monoisotopic (exact) mass is 231 g/mol. The molecule has 0 unspecified atom stereocenters. The molecule has 1 aromatic heterocycles. The van der Waals surface area contributed by atoms with Crippen molar-refractivity contribution in [3.8, 4) is 11.3 Å². The van der Waals surface area contributed by atoms with Gasteiger partial charge >= 0.3 is 0 Å². The van der Waals surface area contributed by atoms with Crippen molar-refractivity contribution in [2.24, 2.45) is 0 Å². The Morgan fingerprint density at radius 2 is 2.31 bits per heavy atom. The Morgan fingerprint density at radius 1 is 1.38 bits per heavy atom. The van der Waals surface area contributed by atoms with Crippen molar-refractivity contribution >= 4 is 23.4 Å². The first-order valence-electron chi connectivity index (χ1n) is 4.88. The zero-order valence-corrected chi connectivity index (χ0v) is 9.17. The molecule has 5 heteroatoms. The molecular weight excluding hydrogens is 222 g/mol. The van der Waals surface area contributed by atoms with Gasteiger partial charge in [0.1, 0.15) is 0 Å². The number of hydrogen-bond donors (Lipinski definition) is 2. The van der Waals surface area contributed by atoms with Crippen LogP contribution in [0.2, 0.25) is 0 Å². The number of imidazole rings is 1. The van der Waals surface area contributed by atoms with Crippen LogP contribution in [0.5, 0.6) is 0 Å². The van der Waals surface area contributed by atoms with Gasteiger partial charge in [-0.15, -0.1) is 11.8 Å². The average Bonchev–Trinajstić information content (AvgIpc) is 2.82. The van der Waals surface area contributed by atoms with Crippen LogP contribution >= 0.6 is 11.8 Å². The number of carbonyl (C=O) groups is 1. The average molecular weight is 231 g/mol. The highest BCUT2D eigenvalue weighted by molar-refractivity contribution is 8.00. The Bertz CT molecular complexity index is 536. The van der Waals surface area contributed by atoms with Gasteiger partial charge in [0.25, 0.3) is 0 Å². The second-order valence-electron chi connectivity index (χ2n) is 3.51. The molecule has 0 radical (unpaired) electrons. The lowest BCUT2D eigenvalue weighted by Gasteiger charge is -2.16. The number of benzene rings is 1. The lowest BCUT2D eigenvalue weighted by molar-refractivity contribution is -0.113. The predicted molar refractivity (Wildman–Crippen MR) is 63.4 cm³/mol. The van der Waals surface area contributed by atoms with Crippen LogP contribution in [-0.4, -0.2) is 21.6 Å². The predicted octanol–water partition coefficient (Wildman–Crippen LogP) is 2.12. The van der Waals surface area contributed by atoms with E-state index in [1.165, 1.54) is 0 Å². The van der Waals surface area contributed by atoms with Gasteiger partial charge < -0.3 is 10.3 Å². The molecule has 1 aliphatic rings. The van der Waals surface area contributed by atoms with E-state index in [2.05, 4.69) is 21.4 Å². The fourth-order valence-corrected chi connectivity index (χ4v) is 2.50. The Labute approximate surface area is 96.5 Å². The summed E-state index contributed by atoms with van der Waals surface area (Å²) in [5.41, 5.74) is 2.96. The number of nitrogens with one attached hydrogen (secondary N) is 2. The topological polar surface area (TPSA) is 57.8 Å². The number of nitrogens with zero attached hydrogens (tertiary/aromatic N) is 1. The molecule has 0 spiro atoms. The van der Waals surface area contributed by atoms with E-state index < -0.39 is 0 Å². The summed E-state index contributed by atoms with van der Waals surface area (Å²) < 4.78 is 0. The first-order valence-corrected chi connectivity index (χ1v) is 5.87. The number of anilines is 1. The minimum atomic E-state index is 0.0618. The molecule has 0 bridgehead atoms. The number of carbonyl (C=O) groups excluding carboxylic acids is 1. The van der Waals surface area contributed by atoms with Gasteiger partial charge in [-0.1, -0.05) is 6.07 Å². The van der Waals surface area contributed by atoms with Crippen molar-refractivity contribution in [2.45, 2.75) is 4.90 Å². The lowest BCUT2D eigenvalue weighted by atomic mass is 10.1. The summed E-state index contributed by atoms with van der Waals surface area (Å²) in [6, 6.07) is 5.96. The highest BCUT2D eigenvalue weighted by Crippen LogP contribution is 2.34. The fourth-order valence-electron chi connectivity index (χ4n) is 1.66. The summed E-state index contributed by atoms with van der Waals surface area (Å²) in [6.07, 6.45) is 3.44. The van der Waals surface area contributed by atoms with Crippen molar-refractivity contribution in [3.05, 3.63) is 30.7 Å². The molecule has 1 aromatic carbocycles. The molecule has 0 saturated carbocycles. The number of amides is 1. The largest absolute Gasteiger partial charge is 0.345 e. The van der Waals surface area contributed by atoms with Gasteiger partial charge in [0, 0.05) is 10.5 Å². The standard InChI is InChI=1S/C11H9N3OS/c15-11-5-16-10-3-7(1-2-8(10)14-11)9-4-12-6-13-9/h1-4,6H,5H2,(H,12,13)(H,14,15). The molecule has 80 valence electrons. The highest BCUT2D eigenvalue weighted by atomic mass is 32.2.